The molecular weight excluding hydrogens is 427 g/mol. The Kier molecular flexibility index (Phi) is 5.49. The Labute approximate surface area is 169 Å². The molecule has 1 atom stereocenters. The van der Waals surface area contributed by atoms with Gasteiger partial charge in [0.2, 0.25) is 0 Å². The number of halogens is 3. The van der Waals surface area contributed by atoms with Crippen LogP contribution >= 0.6 is 0 Å². The second kappa shape index (κ2) is 7.75. The number of nitrogens with one attached hydrogen (secondary N) is 1. The summed E-state index contributed by atoms with van der Waals surface area (Å²) in [6, 6.07) is 8.97. The number of carboxylic acid groups (broad SMARTS) is 1. The second-order valence-electron chi connectivity index (χ2n) is 6.28. The van der Waals surface area contributed by atoms with Gasteiger partial charge in [0.15, 0.2) is 0 Å². The third kappa shape index (κ3) is 4.25. The van der Waals surface area contributed by atoms with Gasteiger partial charge in [0.1, 0.15) is 11.9 Å². The third-order valence-corrected chi connectivity index (χ3v) is 5.99. The molecule has 0 spiro atoms. The summed E-state index contributed by atoms with van der Waals surface area (Å²) in [5.74, 6) is 0.0491. The highest BCUT2D eigenvalue weighted by molar-refractivity contribution is 7.92. The van der Waals surface area contributed by atoms with Crippen molar-refractivity contribution in [2.75, 3.05) is 16.2 Å². The summed E-state index contributed by atoms with van der Waals surface area (Å²) in [6.07, 6.45) is -7.15. The van der Waals surface area contributed by atoms with E-state index in [2.05, 4.69) is 5.32 Å². The minimum absolute atomic E-state index is 0.0350. The van der Waals surface area contributed by atoms with E-state index in [9.17, 15) is 26.4 Å². The van der Waals surface area contributed by atoms with Crippen LogP contribution < -0.4 is 14.4 Å². The molecule has 1 aliphatic rings. The van der Waals surface area contributed by atoms with Crippen LogP contribution in [0.4, 0.5) is 29.3 Å². The van der Waals surface area contributed by atoms with E-state index < -0.39 is 38.9 Å². The van der Waals surface area contributed by atoms with Gasteiger partial charge in [-0.3, -0.25) is 9.62 Å². The van der Waals surface area contributed by atoms with E-state index in [1.165, 1.54) is 18.2 Å². The maximum absolute atomic E-state index is 13.2. The Morgan fingerprint density at radius 2 is 2.03 bits per heavy atom. The number of rotatable bonds is 4. The number of benzene rings is 2. The van der Waals surface area contributed by atoms with Crippen molar-refractivity contribution in [3.63, 3.8) is 0 Å². The molecule has 2 N–H and O–H groups in total. The molecule has 2 aromatic carbocycles. The number of hydrogen-bond acceptors (Lipinski definition) is 5. The van der Waals surface area contributed by atoms with Crippen LogP contribution in [-0.4, -0.2) is 32.3 Å². The molecule has 0 bridgehead atoms. The Balaban J connectivity index is 2.11. The summed E-state index contributed by atoms with van der Waals surface area (Å²) in [4.78, 5) is 10.3. The Morgan fingerprint density at radius 1 is 1.30 bits per heavy atom. The van der Waals surface area contributed by atoms with Gasteiger partial charge in [0.05, 0.1) is 35.2 Å². The SMILES string of the molecule is N#CCC1CN(S(=O)(=O)c2cccc(C(F)(F)F)c2)c2cc(NC(=O)O)ccc2O1. The number of carbonyl (C=O) groups is 1. The number of fused-ring (bicyclic) bond motifs is 1. The zero-order valence-corrected chi connectivity index (χ0v) is 15.9. The Hall–Kier alpha value is -3.46. The number of alkyl halides is 3. The number of sulfonamides is 1. The molecule has 0 fully saturated rings. The van der Waals surface area contributed by atoms with Gasteiger partial charge in [-0.25, -0.2) is 13.2 Å². The van der Waals surface area contributed by atoms with Crippen LogP contribution in [0.3, 0.4) is 0 Å². The van der Waals surface area contributed by atoms with E-state index in [1.54, 1.807) is 0 Å². The molecule has 0 radical (unpaired) electrons. The molecular formula is C18H14F3N3O5S. The van der Waals surface area contributed by atoms with Gasteiger partial charge >= 0.3 is 12.3 Å². The Morgan fingerprint density at radius 3 is 2.67 bits per heavy atom. The van der Waals surface area contributed by atoms with Crippen molar-refractivity contribution >= 4 is 27.5 Å². The molecule has 0 aliphatic carbocycles. The summed E-state index contributed by atoms with van der Waals surface area (Å²) in [5, 5.41) is 19.9. The molecule has 0 saturated heterocycles. The largest absolute Gasteiger partial charge is 0.485 e. The van der Waals surface area contributed by atoms with Crippen LogP contribution in [0.1, 0.15) is 12.0 Å². The molecule has 1 unspecified atom stereocenters. The van der Waals surface area contributed by atoms with Crippen molar-refractivity contribution in [1.82, 2.24) is 0 Å². The highest BCUT2D eigenvalue weighted by Crippen LogP contribution is 2.40. The van der Waals surface area contributed by atoms with E-state index in [4.69, 9.17) is 15.1 Å². The molecule has 1 heterocycles. The van der Waals surface area contributed by atoms with E-state index in [1.807, 2.05) is 6.07 Å². The number of nitrogens with zero attached hydrogens (tertiary/aromatic N) is 2. The topological polar surface area (TPSA) is 120 Å². The van der Waals surface area contributed by atoms with Crippen LogP contribution in [0.5, 0.6) is 5.75 Å². The first-order valence-corrected chi connectivity index (χ1v) is 9.84. The summed E-state index contributed by atoms with van der Waals surface area (Å²) in [6.45, 7) is -0.338. The number of hydrogen-bond donors (Lipinski definition) is 2. The van der Waals surface area contributed by atoms with Crippen LogP contribution in [-0.2, 0) is 16.2 Å². The standard InChI is InChI=1S/C18H14F3N3O5S/c19-18(20,21)11-2-1-3-14(8-11)30(27,28)24-10-13(6-7-22)29-16-5-4-12(9-15(16)24)23-17(25)26/h1-5,8-9,13,23H,6,10H2,(H,25,26). The minimum Gasteiger partial charge on any atom is -0.485 e. The van der Waals surface area contributed by atoms with Crippen molar-refractivity contribution in [3.8, 4) is 11.8 Å². The lowest BCUT2D eigenvalue weighted by Gasteiger charge is -2.35. The molecule has 0 aromatic heterocycles. The van der Waals surface area contributed by atoms with Gasteiger partial charge in [0.25, 0.3) is 10.0 Å². The summed E-state index contributed by atoms with van der Waals surface area (Å²) < 4.78 is 71.9. The predicted molar refractivity (Wildman–Crippen MR) is 98.7 cm³/mol. The minimum atomic E-state index is -4.74. The number of nitriles is 1. The highest BCUT2D eigenvalue weighted by Gasteiger charge is 2.37. The smallest absolute Gasteiger partial charge is 0.416 e. The zero-order chi connectivity index (χ0) is 22.1. The van der Waals surface area contributed by atoms with Crippen LogP contribution in [0.25, 0.3) is 0 Å². The molecule has 1 aliphatic heterocycles. The maximum Gasteiger partial charge on any atom is 0.416 e. The average Bonchev–Trinajstić information content (AvgIpc) is 2.67. The van der Waals surface area contributed by atoms with Crippen molar-refractivity contribution in [2.45, 2.75) is 23.6 Å². The van der Waals surface area contributed by atoms with Crippen LogP contribution in [0, 0.1) is 11.3 Å². The van der Waals surface area contributed by atoms with E-state index in [0.29, 0.717) is 6.07 Å². The molecule has 30 heavy (non-hydrogen) atoms. The van der Waals surface area contributed by atoms with E-state index >= 15 is 0 Å². The fourth-order valence-electron chi connectivity index (χ4n) is 2.91. The molecule has 3 rings (SSSR count). The predicted octanol–water partition coefficient (Wildman–Crippen LogP) is 3.67. The van der Waals surface area contributed by atoms with Gasteiger partial charge < -0.3 is 9.84 Å². The van der Waals surface area contributed by atoms with Gasteiger partial charge in [0, 0.05) is 5.69 Å². The van der Waals surface area contributed by atoms with Crippen molar-refractivity contribution < 1.29 is 36.2 Å². The maximum atomic E-state index is 13.2. The summed E-state index contributed by atoms with van der Waals surface area (Å²) in [7, 11) is -4.49. The Bertz CT molecular complexity index is 1130. The molecule has 12 heteroatoms. The lowest BCUT2D eigenvalue weighted by Crippen LogP contribution is -2.43. The first kappa shape index (κ1) is 21.3. The quantitative estimate of drug-likeness (QED) is 0.747. The normalized spacial score (nSPS) is 16.2. The molecule has 8 nitrogen and oxygen atoms in total. The van der Waals surface area contributed by atoms with E-state index in [-0.39, 0.29) is 30.1 Å². The third-order valence-electron chi connectivity index (χ3n) is 4.21. The molecule has 1 amide bonds. The van der Waals surface area contributed by atoms with Crippen LogP contribution in [0.15, 0.2) is 47.4 Å². The first-order chi connectivity index (χ1) is 14.0. The molecule has 0 saturated carbocycles. The molecule has 2 aromatic rings. The van der Waals surface area contributed by atoms with Gasteiger partial charge in [-0.15, -0.1) is 0 Å². The van der Waals surface area contributed by atoms with Crippen LogP contribution in [0.2, 0.25) is 0 Å². The van der Waals surface area contributed by atoms with Crippen molar-refractivity contribution in [3.05, 3.63) is 48.0 Å². The lowest BCUT2D eigenvalue weighted by atomic mass is 10.2. The lowest BCUT2D eigenvalue weighted by molar-refractivity contribution is -0.137. The number of amides is 1. The second-order valence-corrected chi connectivity index (χ2v) is 8.14. The fraction of sp³-hybridized carbons (Fsp3) is 0.222. The van der Waals surface area contributed by atoms with E-state index in [0.717, 1.165) is 22.5 Å². The van der Waals surface area contributed by atoms with Crippen molar-refractivity contribution in [1.29, 1.82) is 5.26 Å². The number of anilines is 2. The summed E-state index contributed by atoms with van der Waals surface area (Å²) >= 11 is 0. The number of ether oxygens (including phenoxy) is 1. The van der Waals surface area contributed by atoms with Gasteiger partial charge in [-0.05, 0) is 36.4 Å². The highest BCUT2D eigenvalue weighted by atomic mass is 32.2. The average molecular weight is 441 g/mol. The first-order valence-electron chi connectivity index (χ1n) is 8.40. The van der Waals surface area contributed by atoms with Gasteiger partial charge in [-0.1, -0.05) is 6.07 Å². The van der Waals surface area contributed by atoms with Gasteiger partial charge in [-0.2, -0.15) is 18.4 Å². The molecule has 158 valence electrons. The monoisotopic (exact) mass is 441 g/mol. The fourth-order valence-corrected chi connectivity index (χ4v) is 4.45. The summed E-state index contributed by atoms with van der Waals surface area (Å²) in [5.41, 5.74) is -1.16. The van der Waals surface area contributed by atoms with Crippen molar-refractivity contribution in [2.24, 2.45) is 0 Å². The zero-order valence-electron chi connectivity index (χ0n) is 15.0.